The Morgan fingerprint density at radius 2 is 1.86 bits per heavy atom. The van der Waals surface area contributed by atoms with Crippen molar-refractivity contribution in [3.05, 3.63) is 56.9 Å². The number of nitrogens with zero attached hydrogens (tertiary/aromatic N) is 2. The largest absolute Gasteiger partial charge is 0.505 e. The summed E-state index contributed by atoms with van der Waals surface area (Å²) in [7, 11) is 1.61. The lowest BCUT2D eigenvalue weighted by molar-refractivity contribution is -0.122. The molecular weight excluding hydrogens is 419 g/mol. The fraction of sp³-hybridized carbons (Fsp3) is 0.200. The highest BCUT2D eigenvalue weighted by molar-refractivity contribution is 8.18. The molecule has 0 aliphatic carbocycles. The summed E-state index contributed by atoms with van der Waals surface area (Å²) >= 11 is 13.3. The summed E-state index contributed by atoms with van der Waals surface area (Å²) in [5, 5.41) is 10.6. The molecule has 0 aromatic heterocycles. The van der Waals surface area contributed by atoms with E-state index in [1.165, 1.54) is 11.8 Å². The van der Waals surface area contributed by atoms with Gasteiger partial charge >= 0.3 is 0 Å². The van der Waals surface area contributed by atoms with Crippen LogP contribution in [0, 0.1) is 0 Å². The van der Waals surface area contributed by atoms with Gasteiger partial charge in [-0.15, -0.1) is 0 Å². The van der Waals surface area contributed by atoms with Crippen LogP contribution in [0.3, 0.4) is 0 Å². The van der Waals surface area contributed by atoms with Gasteiger partial charge in [-0.05, 0) is 66.2 Å². The zero-order chi connectivity index (χ0) is 20.3. The second-order valence-electron chi connectivity index (χ2n) is 5.99. The van der Waals surface area contributed by atoms with Crippen molar-refractivity contribution in [2.24, 2.45) is 4.99 Å². The first-order valence-electron chi connectivity index (χ1n) is 8.55. The van der Waals surface area contributed by atoms with Crippen LogP contribution in [0.5, 0.6) is 11.5 Å². The Labute approximate surface area is 177 Å². The van der Waals surface area contributed by atoms with Gasteiger partial charge in [-0.25, -0.2) is 4.99 Å². The molecular formula is C20H18Cl2N2O3S. The van der Waals surface area contributed by atoms with E-state index >= 15 is 0 Å². The molecule has 1 N–H and O–H groups in total. The van der Waals surface area contributed by atoms with E-state index in [4.69, 9.17) is 27.9 Å². The van der Waals surface area contributed by atoms with Crippen molar-refractivity contribution in [2.45, 2.75) is 13.3 Å². The smallest absolute Gasteiger partial charge is 0.266 e. The Hall–Kier alpha value is -2.15. The summed E-state index contributed by atoms with van der Waals surface area (Å²) in [6, 6.07) is 10.4. The third-order valence-electron chi connectivity index (χ3n) is 3.97. The van der Waals surface area contributed by atoms with Gasteiger partial charge in [0, 0.05) is 6.54 Å². The highest BCUT2D eigenvalue weighted by Crippen LogP contribution is 2.37. The number of benzene rings is 2. The molecule has 0 radical (unpaired) electrons. The van der Waals surface area contributed by atoms with Crippen LogP contribution in [0.1, 0.15) is 18.9 Å². The van der Waals surface area contributed by atoms with Gasteiger partial charge < -0.3 is 9.84 Å². The topological polar surface area (TPSA) is 62.1 Å². The number of ether oxygens (including phenoxy) is 1. The van der Waals surface area contributed by atoms with Gasteiger partial charge in [0.05, 0.1) is 27.7 Å². The Morgan fingerprint density at radius 1 is 1.21 bits per heavy atom. The molecule has 0 spiro atoms. The van der Waals surface area contributed by atoms with E-state index in [2.05, 4.69) is 4.99 Å². The summed E-state index contributed by atoms with van der Waals surface area (Å²) in [5.74, 6) is 0.441. The van der Waals surface area contributed by atoms with Crippen LogP contribution in [-0.4, -0.2) is 34.7 Å². The normalized spacial score (nSPS) is 17.0. The minimum Gasteiger partial charge on any atom is -0.505 e. The first-order chi connectivity index (χ1) is 13.4. The summed E-state index contributed by atoms with van der Waals surface area (Å²) in [6.07, 6.45) is 2.50. The number of carbonyl (C=O) groups excluding carboxylic acids is 1. The van der Waals surface area contributed by atoms with Crippen LogP contribution in [0.25, 0.3) is 6.08 Å². The molecule has 0 atom stereocenters. The Bertz CT molecular complexity index is 935. The molecule has 1 heterocycles. The maximum Gasteiger partial charge on any atom is 0.266 e. The van der Waals surface area contributed by atoms with E-state index < -0.39 is 0 Å². The number of hydrogen-bond donors (Lipinski definition) is 1. The third-order valence-corrected chi connectivity index (χ3v) is 5.55. The van der Waals surface area contributed by atoms with E-state index in [0.29, 0.717) is 22.2 Å². The molecule has 1 fully saturated rings. The maximum absolute atomic E-state index is 12.9. The van der Waals surface area contributed by atoms with Crippen LogP contribution in [-0.2, 0) is 4.79 Å². The zero-order valence-electron chi connectivity index (χ0n) is 15.3. The van der Waals surface area contributed by atoms with E-state index in [1.807, 2.05) is 31.2 Å². The molecule has 3 rings (SSSR count). The number of thioether (sulfide) groups is 1. The number of halogens is 2. The molecule has 2 aromatic rings. The molecule has 2 aromatic carbocycles. The van der Waals surface area contributed by atoms with Gasteiger partial charge in [0.2, 0.25) is 0 Å². The average molecular weight is 437 g/mol. The molecule has 1 aliphatic heterocycles. The number of methoxy groups -OCH3 is 1. The average Bonchev–Trinajstić information content (AvgIpc) is 2.96. The Morgan fingerprint density at radius 3 is 2.43 bits per heavy atom. The van der Waals surface area contributed by atoms with E-state index in [1.54, 1.807) is 30.2 Å². The molecule has 146 valence electrons. The van der Waals surface area contributed by atoms with Crippen LogP contribution in [0.2, 0.25) is 10.0 Å². The van der Waals surface area contributed by atoms with Gasteiger partial charge in [0.1, 0.15) is 5.75 Å². The van der Waals surface area contributed by atoms with Crippen LogP contribution in [0.4, 0.5) is 5.69 Å². The number of aliphatic imine (C=N–C) groups is 1. The molecule has 1 saturated heterocycles. The molecule has 8 heteroatoms. The molecule has 28 heavy (non-hydrogen) atoms. The minimum atomic E-state index is -0.176. The number of phenolic OH excluding ortho intramolecular Hbond substituents is 1. The van der Waals surface area contributed by atoms with Crippen molar-refractivity contribution in [2.75, 3.05) is 13.7 Å². The highest BCUT2D eigenvalue weighted by atomic mass is 35.5. The summed E-state index contributed by atoms with van der Waals surface area (Å²) in [4.78, 5) is 19.6. The molecule has 5 nitrogen and oxygen atoms in total. The fourth-order valence-corrected chi connectivity index (χ4v) is 4.13. The Kier molecular flexibility index (Phi) is 6.54. The van der Waals surface area contributed by atoms with Crippen molar-refractivity contribution in [3.63, 3.8) is 0 Å². The molecule has 0 unspecified atom stereocenters. The number of amides is 1. The fourth-order valence-electron chi connectivity index (χ4n) is 2.60. The van der Waals surface area contributed by atoms with E-state index in [9.17, 15) is 9.90 Å². The minimum absolute atomic E-state index is 0.126. The van der Waals surface area contributed by atoms with Gasteiger partial charge in [-0.1, -0.05) is 30.1 Å². The standard InChI is InChI=1S/C20H18Cl2N2O3S/c1-3-8-24-19(26)17(11-12-9-15(21)18(25)16(22)10-12)28-20(24)23-13-4-6-14(27-2)7-5-13/h4-7,9-11,25H,3,8H2,1-2H3/b17-11+,23-20?. The summed E-state index contributed by atoms with van der Waals surface area (Å²) in [5.41, 5.74) is 1.36. The molecule has 0 saturated carbocycles. The second kappa shape index (κ2) is 8.90. The predicted molar refractivity (Wildman–Crippen MR) is 116 cm³/mol. The maximum atomic E-state index is 12.9. The SMILES string of the molecule is CCCN1C(=O)/C(=C\c2cc(Cl)c(O)c(Cl)c2)SC1=Nc1ccc(OC)cc1. The molecule has 0 bridgehead atoms. The number of carbonyl (C=O) groups is 1. The van der Waals surface area contributed by atoms with Gasteiger partial charge in [0.15, 0.2) is 10.9 Å². The van der Waals surface area contributed by atoms with Crippen LogP contribution in [0.15, 0.2) is 46.3 Å². The number of amidine groups is 1. The van der Waals surface area contributed by atoms with Gasteiger partial charge in [-0.2, -0.15) is 0 Å². The van der Waals surface area contributed by atoms with Crippen molar-refractivity contribution in [3.8, 4) is 11.5 Å². The third kappa shape index (κ3) is 4.46. The van der Waals surface area contributed by atoms with Gasteiger partial charge in [0.25, 0.3) is 5.91 Å². The quantitative estimate of drug-likeness (QED) is 0.608. The molecule has 1 amide bonds. The molecule has 1 aliphatic rings. The number of rotatable bonds is 5. The Balaban J connectivity index is 1.94. The van der Waals surface area contributed by atoms with E-state index in [-0.39, 0.29) is 21.7 Å². The highest BCUT2D eigenvalue weighted by Gasteiger charge is 2.32. The van der Waals surface area contributed by atoms with E-state index in [0.717, 1.165) is 17.9 Å². The number of phenols is 1. The first-order valence-corrected chi connectivity index (χ1v) is 10.1. The lowest BCUT2D eigenvalue weighted by atomic mass is 10.2. The van der Waals surface area contributed by atoms with Gasteiger partial charge in [-0.3, -0.25) is 9.69 Å². The number of hydrogen-bond acceptors (Lipinski definition) is 5. The zero-order valence-corrected chi connectivity index (χ0v) is 17.6. The van der Waals surface area contributed by atoms with Crippen LogP contribution >= 0.6 is 35.0 Å². The van der Waals surface area contributed by atoms with Crippen molar-refractivity contribution >= 4 is 57.8 Å². The first kappa shape index (κ1) is 20.6. The lowest BCUT2D eigenvalue weighted by Gasteiger charge is -2.14. The van der Waals surface area contributed by atoms with Crippen molar-refractivity contribution in [1.29, 1.82) is 0 Å². The monoisotopic (exact) mass is 436 g/mol. The number of aromatic hydroxyl groups is 1. The van der Waals surface area contributed by atoms with Crippen LogP contribution < -0.4 is 4.74 Å². The second-order valence-corrected chi connectivity index (χ2v) is 7.82. The lowest BCUT2D eigenvalue weighted by Crippen LogP contribution is -2.29. The predicted octanol–water partition coefficient (Wildman–Crippen LogP) is 5.72. The van der Waals surface area contributed by atoms with Crippen molar-refractivity contribution in [1.82, 2.24) is 4.90 Å². The summed E-state index contributed by atoms with van der Waals surface area (Å²) < 4.78 is 5.16. The summed E-state index contributed by atoms with van der Waals surface area (Å²) in [6.45, 7) is 2.57. The van der Waals surface area contributed by atoms with Crippen molar-refractivity contribution < 1.29 is 14.6 Å².